The van der Waals surface area contributed by atoms with Gasteiger partial charge in [0, 0.05) is 24.9 Å². The zero-order valence-electron chi connectivity index (χ0n) is 12.8. The zero-order valence-corrected chi connectivity index (χ0v) is 12.8. The van der Waals surface area contributed by atoms with Crippen molar-refractivity contribution in [3.63, 3.8) is 0 Å². The van der Waals surface area contributed by atoms with Crippen molar-refractivity contribution in [2.45, 2.75) is 45.2 Å². The van der Waals surface area contributed by atoms with Crippen molar-refractivity contribution in [1.82, 2.24) is 15.0 Å². The molecule has 1 unspecified atom stereocenters. The lowest BCUT2D eigenvalue weighted by Gasteiger charge is -2.22. The molecule has 1 amide bonds. The maximum absolute atomic E-state index is 13.8. The van der Waals surface area contributed by atoms with E-state index in [-0.39, 0.29) is 24.1 Å². The summed E-state index contributed by atoms with van der Waals surface area (Å²) in [6.45, 7) is 1.99. The van der Waals surface area contributed by atoms with E-state index in [4.69, 9.17) is 4.52 Å². The highest BCUT2D eigenvalue weighted by molar-refractivity contribution is 5.78. The summed E-state index contributed by atoms with van der Waals surface area (Å²) in [5, 5.41) is 3.89. The number of amides is 1. The molecular weight excluding hydrogens is 304 g/mol. The van der Waals surface area contributed by atoms with Gasteiger partial charge in [-0.2, -0.15) is 4.98 Å². The van der Waals surface area contributed by atoms with Crippen LogP contribution >= 0.6 is 0 Å². The molecule has 0 saturated carbocycles. The molecule has 7 heteroatoms. The smallest absolute Gasteiger partial charge is 0.249 e. The normalized spacial score (nSPS) is 18.0. The summed E-state index contributed by atoms with van der Waals surface area (Å²) in [4.78, 5) is 17.9. The Morgan fingerprint density at radius 2 is 2.22 bits per heavy atom. The second-order valence-corrected chi connectivity index (χ2v) is 5.61. The van der Waals surface area contributed by atoms with Gasteiger partial charge in [-0.15, -0.1) is 0 Å². The minimum atomic E-state index is -0.540. The number of aromatic nitrogens is 2. The number of rotatable bonds is 5. The maximum atomic E-state index is 13.8. The van der Waals surface area contributed by atoms with E-state index in [0.29, 0.717) is 31.0 Å². The van der Waals surface area contributed by atoms with Crippen LogP contribution in [0.25, 0.3) is 0 Å². The van der Waals surface area contributed by atoms with Gasteiger partial charge in [0.05, 0.1) is 0 Å². The summed E-state index contributed by atoms with van der Waals surface area (Å²) in [5.41, 5.74) is 0.138. The van der Waals surface area contributed by atoms with Crippen molar-refractivity contribution in [1.29, 1.82) is 0 Å². The van der Waals surface area contributed by atoms with Crippen LogP contribution in [0.1, 0.15) is 49.5 Å². The quantitative estimate of drug-likeness (QED) is 0.849. The second kappa shape index (κ2) is 6.44. The number of carbonyl (C=O) groups excluding carboxylic acids is 1. The molecule has 0 N–H and O–H groups in total. The molecule has 1 fully saturated rings. The lowest BCUT2D eigenvalue weighted by molar-refractivity contribution is -0.130. The highest BCUT2D eigenvalue weighted by Gasteiger charge is 2.36. The average molecular weight is 321 g/mol. The Bertz CT molecular complexity index is 717. The van der Waals surface area contributed by atoms with E-state index in [1.54, 1.807) is 0 Å². The van der Waals surface area contributed by atoms with E-state index >= 15 is 0 Å². The van der Waals surface area contributed by atoms with E-state index in [2.05, 4.69) is 10.1 Å². The summed E-state index contributed by atoms with van der Waals surface area (Å²) in [7, 11) is 0. The van der Waals surface area contributed by atoms with Crippen molar-refractivity contribution in [2.24, 2.45) is 0 Å². The number of benzene rings is 1. The van der Waals surface area contributed by atoms with E-state index in [1.807, 2.05) is 6.92 Å². The third-order valence-corrected chi connectivity index (χ3v) is 3.92. The molecule has 0 radical (unpaired) electrons. The lowest BCUT2D eigenvalue weighted by Crippen LogP contribution is -2.28. The average Bonchev–Trinajstić information content (AvgIpc) is 3.11. The summed E-state index contributed by atoms with van der Waals surface area (Å²) in [5.74, 6) is -0.251. The summed E-state index contributed by atoms with van der Waals surface area (Å²) < 4.78 is 32.4. The van der Waals surface area contributed by atoms with Gasteiger partial charge in [0.15, 0.2) is 5.82 Å². The van der Waals surface area contributed by atoms with E-state index < -0.39 is 11.6 Å². The maximum Gasteiger partial charge on any atom is 0.249 e. The fourth-order valence-corrected chi connectivity index (χ4v) is 2.76. The third kappa shape index (κ3) is 3.23. The van der Waals surface area contributed by atoms with Gasteiger partial charge in [-0.05, 0) is 31.0 Å². The molecule has 0 aliphatic carbocycles. The molecule has 0 bridgehead atoms. The summed E-state index contributed by atoms with van der Waals surface area (Å²) >= 11 is 0. The Morgan fingerprint density at radius 1 is 1.39 bits per heavy atom. The number of likely N-dealkylation sites (tertiary alicyclic amines) is 1. The number of nitrogens with zero attached hydrogens (tertiary/aromatic N) is 3. The van der Waals surface area contributed by atoms with Crippen LogP contribution in [0.2, 0.25) is 0 Å². The SMILES string of the molecule is CCCc1noc(C2CCC(=O)N2Cc2cc(F)ccc2F)n1. The monoisotopic (exact) mass is 321 g/mol. The minimum absolute atomic E-state index is 0.0153. The molecule has 1 saturated heterocycles. The highest BCUT2D eigenvalue weighted by atomic mass is 19.1. The van der Waals surface area contributed by atoms with Gasteiger partial charge < -0.3 is 9.42 Å². The molecule has 3 rings (SSSR count). The molecular formula is C16H17F2N3O2. The van der Waals surface area contributed by atoms with Crippen LogP contribution in [-0.2, 0) is 17.8 Å². The second-order valence-electron chi connectivity index (χ2n) is 5.61. The fourth-order valence-electron chi connectivity index (χ4n) is 2.76. The first-order valence-electron chi connectivity index (χ1n) is 7.64. The topological polar surface area (TPSA) is 59.2 Å². The molecule has 122 valence electrons. The van der Waals surface area contributed by atoms with Gasteiger partial charge in [-0.1, -0.05) is 12.1 Å². The molecule has 2 heterocycles. The molecule has 1 aromatic heterocycles. The number of carbonyl (C=O) groups is 1. The van der Waals surface area contributed by atoms with Crippen molar-refractivity contribution < 1.29 is 18.1 Å². The van der Waals surface area contributed by atoms with E-state index in [0.717, 1.165) is 24.6 Å². The summed E-state index contributed by atoms with van der Waals surface area (Å²) in [6, 6.07) is 2.83. The van der Waals surface area contributed by atoms with Crippen LogP contribution in [0.15, 0.2) is 22.7 Å². The molecule has 23 heavy (non-hydrogen) atoms. The molecule has 5 nitrogen and oxygen atoms in total. The van der Waals surface area contributed by atoms with Gasteiger partial charge in [0.25, 0.3) is 0 Å². The highest BCUT2D eigenvalue weighted by Crippen LogP contribution is 2.33. The largest absolute Gasteiger partial charge is 0.337 e. The standard InChI is InChI=1S/C16H17F2N3O2/c1-2-3-14-19-16(23-20-14)13-6-7-15(22)21(13)9-10-8-11(17)4-5-12(10)18/h4-5,8,13H,2-3,6-7,9H2,1H3. The first-order chi connectivity index (χ1) is 11.1. The number of hydrogen-bond acceptors (Lipinski definition) is 4. The van der Waals surface area contributed by atoms with Crippen LogP contribution in [0.4, 0.5) is 8.78 Å². The van der Waals surface area contributed by atoms with Crippen LogP contribution in [0.5, 0.6) is 0 Å². The van der Waals surface area contributed by atoms with Crippen molar-refractivity contribution in [2.75, 3.05) is 0 Å². The minimum Gasteiger partial charge on any atom is -0.337 e. The first-order valence-corrected chi connectivity index (χ1v) is 7.64. The van der Waals surface area contributed by atoms with E-state index in [9.17, 15) is 13.6 Å². The molecule has 1 aliphatic rings. The molecule has 1 aromatic carbocycles. The van der Waals surface area contributed by atoms with Crippen LogP contribution in [0.3, 0.4) is 0 Å². The van der Waals surface area contributed by atoms with Gasteiger partial charge in [-0.3, -0.25) is 4.79 Å². The van der Waals surface area contributed by atoms with Gasteiger partial charge in [-0.25, -0.2) is 8.78 Å². The molecule has 1 atom stereocenters. The van der Waals surface area contributed by atoms with Crippen LogP contribution in [0, 0.1) is 11.6 Å². The Morgan fingerprint density at radius 3 is 3.00 bits per heavy atom. The van der Waals surface area contributed by atoms with Crippen molar-refractivity contribution >= 4 is 5.91 Å². The molecule has 2 aromatic rings. The van der Waals surface area contributed by atoms with E-state index in [1.165, 1.54) is 4.90 Å². The fraction of sp³-hybridized carbons (Fsp3) is 0.438. The Labute approximate surface area is 132 Å². The molecule has 0 spiro atoms. The zero-order chi connectivity index (χ0) is 16.4. The predicted molar refractivity (Wildman–Crippen MR) is 77.2 cm³/mol. The molecule has 1 aliphatic heterocycles. The lowest BCUT2D eigenvalue weighted by atomic mass is 10.1. The van der Waals surface area contributed by atoms with Crippen molar-refractivity contribution in [3.8, 4) is 0 Å². The Balaban J connectivity index is 1.83. The number of hydrogen-bond donors (Lipinski definition) is 0. The van der Waals surface area contributed by atoms with Gasteiger partial charge in [0.2, 0.25) is 11.8 Å². The number of aryl methyl sites for hydroxylation is 1. The van der Waals surface area contributed by atoms with Crippen LogP contribution in [-0.4, -0.2) is 20.9 Å². The van der Waals surface area contributed by atoms with Crippen molar-refractivity contribution in [3.05, 3.63) is 47.1 Å². The van der Waals surface area contributed by atoms with Gasteiger partial charge in [0.1, 0.15) is 17.7 Å². The predicted octanol–water partition coefficient (Wildman–Crippen LogP) is 3.16. The number of halogens is 2. The Kier molecular flexibility index (Phi) is 4.36. The van der Waals surface area contributed by atoms with Gasteiger partial charge >= 0.3 is 0 Å². The Hall–Kier alpha value is -2.31. The van der Waals surface area contributed by atoms with Crippen LogP contribution < -0.4 is 0 Å². The third-order valence-electron chi connectivity index (χ3n) is 3.92. The first kappa shape index (κ1) is 15.6. The summed E-state index contributed by atoms with van der Waals surface area (Å²) in [6.07, 6.45) is 2.44.